The van der Waals surface area contributed by atoms with Gasteiger partial charge < -0.3 is 14.6 Å². The second-order valence-corrected chi connectivity index (χ2v) is 9.10. The molecule has 0 aliphatic carbocycles. The van der Waals surface area contributed by atoms with Gasteiger partial charge in [-0.25, -0.2) is 4.98 Å². The Hall–Kier alpha value is -1.75. The summed E-state index contributed by atoms with van der Waals surface area (Å²) in [6, 6.07) is 10.6. The lowest BCUT2D eigenvalue weighted by Crippen LogP contribution is -2.34. The van der Waals surface area contributed by atoms with E-state index in [1.54, 1.807) is 0 Å². The van der Waals surface area contributed by atoms with E-state index in [-0.39, 0.29) is 0 Å². The molecule has 1 aromatic heterocycles. The Kier molecular flexibility index (Phi) is 6.87. The van der Waals surface area contributed by atoms with Gasteiger partial charge >= 0.3 is 0 Å². The van der Waals surface area contributed by atoms with Crippen molar-refractivity contribution in [3.05, 3.63) is 57.3 Å². The summed E-state index contributed by atoms with van der Waals surface area (Å²) in [7, 11) is 0. The molecule has 1 unspecified atom stereocenters. The van der Waals surface area contributed by atoms with Gasteiger partial charge in [0.2, 0.25) is 0 Å². The van der Waals surface area contributed by atoms with Crippen molar-refractivity contribution in [2.24, 2.45) is 0 Å². The molecule has 4 rings (SSSR count). The number of hydrogen-bond donors (Lipinski definition) is 1. The second kappa shape index (κ2) is 9.59. The van der Waals surface area contributed by atoms with Crippen LogP contribution < -0.4 is 10.1 Å². The van der Waals surface area contributed by atoms with Crippen LogP contribution in [0.2, 0.25) is 10.0 Å². The van der Waals surface area contributed by atoms with Crippen molar-refractivity contribution in [1.82, 2.24) is 14.9 Å². The Morgan fingerprint density at radius 1 is 1.13 bits per heavy atom. The SMILES string of the molecule is Cc1ccc(OCc2nc3cc(Cl)c(C)cc3n2CCCC2CCCCN2)c(Cl)c1. The minimum Gasteiger partial charge on any atom is -0.484 e. The van der Waals surface area contributed by atoms with Gasteiger partial charge in [-0.2, -0.15) is 0 Å². The summed E-state index contributed by atoms with van der Waals surface area (Å²) in [4.78, 5) is 4.84. The lowest BCUT2D eigenvalue weighted by atomic mass is 10.0. The first-order chi connectivity index (χ1) is 14.5. The molecule has 4 nitrogen and oxygen atoms in total. The third-order valence-electron chi connectivity index (χ3n) is 5.90. The van der Waals surface area contributed by atoms with Gasteiger partial charge in [0, 0.05) is 17.6 Å². The van der Waals surface area contributed by atoms with Crippen LogP contribution in [0.3, 0.4) is 0 Å². The van der Waals surface area contributed by atoms with Crippen LogP contribution in [0.25, 0.3) is 11.0 Å². The quantitative estimate of drug-likeness (QED) is 0.453. The molecule has 30 heavy (non-hydrogen) atoms. The van der Waals surface area contributed by atoms with Crippen LogP contribution in [0.4, 0.5) is 0 Å². The summed E-state index contributed by atoms with van der Waals surface area (Å²) in [6.07, 6.45) is 6.19. The smallest absolute Gasteiger partial charge is 0.148 e. The van der Waals surface area contributed by atoms with E-state index in [9.17, 15) is 0 Å². The third kappa shape index (κ3) is 4.93. The minimum absolute atomic E-state index is 0.371. The molecule has 0 bridgehead atoms. The Balaban J connectivity index is 1.54. The van der Waals surface area contributed by atoms with Crippen molar-refractivity contribution in [1.29, 1.82) is 0 Å². The molecule has 0 spiro atoms. The molecular formula is C24H29Cl2N3O. The van der Waals surface area contributed by atoms with Crippen molar-refractivity contribution in [3.8, 4) is 5.75 Å². The van der Waals surface area contributed by atoms with E-state index in [2.05, 4.69) is 16.0 Å². The molecule has 1 N–H and O–H groups in total. The van der Waals surface area contributed by atoms with Crippen molar-refractivity contribution < 1.29 is 4.74 Å². The van der Waals surface area contributed by atoms with E-state index < -0.39 is 0 Å². The fourth-order valence-corrected chi connectivity index (χ4v) is 4.64. The molecular weight excluding hydrogens is 417 g/mol. The Labute approximate surface area is 188 Å². The zero-order valence-electron chi connectivity index (χ0n) is 17.7. The highest BCUT2D eigenvalue weighted by Crippen LogP contribution is 2.28. The Morgan fingerprint density at radius 3 is 2.77 bits per heavy atom. The summed E-state index contributed by atoms with van der Waals surface area (Å²) < 4.78 is 8.33. The number of hydrogen-bond acceptors (Lipinski definition) is 3. The number of piperidine rings is 1. The van der Waals surface area contributed by atoms with Crippen molar-refractivity contribution >= 4 is 34.2 Å². The summed E-state index contributed by atoms with van der Waals surface area (Å²) >= 11 is 12.7. The third-order valence-corrected chi connectivity index (χ3v) is 6.60. The van der Waals surface area contributed by atoms with Crippen LogP contribution in [-0.4, -0.2) is 22.1 Å². The molecule has 1 saturated heterocycles. The molecule has 3 aromatic rings. The molecule has 1 aliphatic rings. The first-order valence-electron chi connectivity index (χ1n) is 10.8. The lowest BCUT2D eigenvalue weighted by Gasteiger charge is -2.23. The first-order valence-corrected chi connectivity index (χ1v) is 11.5. The van der Waals surface area contributed by atoms with Crippen molar-refractivity contribution in [2.45, 2.75) is 65.1 Å². The van der Waals surface area contributed by atoms with E-state index in [0.29, 0.717) is 23.4 Å². The number of fused-ring (bicyclic) bond motifs is 1. The molecule has 2 heterocycles. The number of halogens is 2. The maximum absolute atomic E-state index is 6.36. The average Bonchev–Trinajstić information content (AvgIpc) is 3.05. The molecule has 0 amide bonds. The van der Waals surface area contributed by atoms with Crippen molar-refractivity contribution in [2.75, 3.05) is 6.54 Å². The van der Waals surface area contributed by atoms with Gasteiger partial charge in [0.15, 0.2) is 0 Å². The Morgan fingerprint density at radius 2 is 2.00 bits per heavy atom. The standard InChI is InChI=1S/C24H29Cl2N3O/c1-16-8-9-23(20(26)12-16)30-15-24-28-21-14-19(25)17(2)13-22(21)29(24)11-5-7-18-6-3-4-10-27-18/h8-9,12-14,18,27H,3-7,10-11,15H2,1-2H3. The van der Waals surface area contributed by atoms with Crippen LogP contribution >= 0.6 is 23.2 Å². The topological polar surface area (TPSA) is 39.1 Å². The molecule has 6 heteroatoms. The van der Waals surface area contributed by atoms with Crippen LogP contribution in [0.1, 0.15) is 49.1 Å². The molecule has 1 aliphatic heterocycles. The first kappa shape index (κ1) is 21.5. The fourth-order valence-electron chi connectivity index (χ4n) is 4.19. The van der Waals surface area contributed by atoms with Crippen LogP contribution in [0, 0.1) is 13.8 Å². The average molecular weight is 446 g/mol. The van der Waals surface area contributed by atoms with Gasteiger partial charge in [0.05, 0.1) is 16.1 Å². The van der Waals surface area contributed by atoms with Gasteiger partial charge in [-0.05, 0) is 81.5 Å². The van der Waals surface area contributed by atoms with E-state index in [4.69, 9.17) is 32.9 Å². The van der Waals surface area contributed by atoms with Gasteiger partial charge in [0.1, 0.15) is 18.2 Å². The van der Waals surface area contributed by atoms with Crippen LogP contribution in [0.5, 0.6) is 5.75 Å². The maximum atomic E-state index is 6.36. The fraction of sp³-hybridized carbons (Fsp3) is 0.458. The normalized spacial score (nSPS) is 16.9. The number of aromatic nitrogens is 2. The van der Waals surface area contributed by atoms with Gasteiger partial charge in [-0.15, -0.1) is 0 Å². The maximum Gasteiger partial charge on any atom is 0.148 e. The van der Waals surface area contributed by atoms with E-state index in [1.165, 1.54) is 25.7 Å². The number of aryl methyl sites for hydroxylation is 3. The van der Waals surface area contributed by atoms with Gasteiger partial charge in [0.25, 0.3) is 0 Å². The predicted molar refractivity (Wildman–Crippen MR) is 125 cm³/mol. The number of nitrogens with zero attached hydrogens (tertiary/aromatic N) is 2. The molecule has 1 atom stereocenters. The summed E-state index contributed by atoms with van der Waals surface area (Å²) in [6.45, 7) is 6.48. The number of rotatable bonds is 7. The zero-order chi connectivity index (χ0) is 21.1. The highest BCUT2D eigenvalue weighted by Gasteiger charge is 2.16. The summed E-state index contributed by atoms with van der Waals surface area (Å²) in [5.74, 6) is 1.58. The van der Waals surface area contributed by atoms with Crippen molar-refractivity contribution in [3.63, 3.8) is 0 Å². The highest BCUT2D eigenvalue weighted by atomic mass is 35.5. The zero-order valence-corrected chi connectivity index (χ0v) is 19.2. The molecule has 1 fully saturated rings. The lowest BCUT2D eigenvalue weighted by molar-refractivity contribution is 0.288. The second-order valence-electron chi connectivity index (χ2n) is 8.28. The Bertz CT molecular complexity index is 1020. The molecule has 0 radical (unpaired) electrons. The number of nitrogens with one attached hydrogen (secondary N) is 1. The van der Waals surface area contributed by atoms with E-state index in [1.807, 2.05) is 38.1 Å². The summed E-state index contributed by atoms with van der Waals surface area (Å²) in [5, 5.41) is 5.01. The van der Waals surface area contributed by atoms with E-state index in [0.717, 1.165) is 52.5 Å². The van der Waals surface area contributed by atoms with Crippen LogP contribution in [-0.2, 0) is 13.2 Å². The molecule has 160 valence electrons. The number of imidazole rings is 1. The monoisotopic (exact) mass is 445 g/mol. The largest absolute Gasteiger partial charge is 0.484 e. The van der Waals surface area contributed by atoms with E-state index >= 15 is 0 Å². The van der Waals surface area contributed by atoms with Gasteiger partial charge in [-0.3, -0.25) is 0 Å². The number of ether oxygens (including phenoxy) is 1. The number of benzene rings is 2. The highest BCUT2D eigenvalue weighted by molar-refractivity contribution is 6.32. The predicted octanol–water partition coefficient (Wildman–Crippen LogP) is 6.46. The van der Waals surface area contributed by atoms with Crippen LogP contribution in [0.15, 0.2) is 30.3 Å². The molecule has 2 aromatic carbocycles. The molecule has 0 saturated carbocycles. The summed E-state index contributed by atoms with van der Waals surface area (Å²) in [5.41, 5.74) is 4.20. The van der Waals surface area contributed by atoms with Gasteiger partial charge in [-0.1, -0.05) is 35.7 Å². The minimum atomic E-state index is 0.371.